The van der Waals surface area contributed by atoms with Gasteiger partial charge in [-0.2, -0.15) is 13.2 Å². The van der Waals surface area contributed by atoms with Crippen LogP contribution in [0.2, 0.25) is 0 Å². The third-order valence-corrected chi connectivity index (χ3v) is 6.88. The molecular weight excluding hydrogens is 457 g/mol. The minimum atomic E-state index is -4.58. The molecule has 1 aliphatic carbocycles. The molecule has 1 amide bonds. The number of amides is 1. The summed E-state index contributed by atoms with van der Waals surface area (Å²) in [5, 5.41) is 2.72. The predicted molar refractivity (Wildman–Crippen MR) is 122 cm³/mol. The molecule has 184 valence electrons. The Morgan fingerprint density at radius 1 is 1.12 bits per heavy atom. The van der Waals surface area contributed by atoms with Crippen molar-refractivity contribution >= 4 is 27.3 Å². The molecular formula is C22H31F3N4O3S. The minimum absolute atomic E-state index is 0.0628. The molecule has 33 heavy (non-hydrogen) atoms. The molecule has 0 spiro atoms. The number of benzene rings is 1. The van der Waals surface area contributed by atoms with Gasteiger partial charge in [-0.25, -0.2) is 13.1 Å². The topological polar surface area (TPSA) is 114 Å². The molecule has 1 aromatic carbocycles. The number of alkyl halides is 3. The van der Waals surface area contributed by atoms with Crippen LogP contribution in [0.1, 0.15) is 52.9 Å². The Morgan fingerprint density at radius 3 is 2.30 bits per heavy atom. The van der Waals surface area contributed by atoms with Crippen LogP contribution in [0.4, 0.5) is 18.9 Å². The molecule has 0 saturated heterocycles. The van der Waals surface area contributed by atoms with Gasteiger partial charge >= 0.3 is 6.18 Å². The highest BCUT2D eigenvalue weighted by molar-refractivity contribution is 7.89. The van der Waals surface area contributed by atoms with Crippen LogP contribution in [0.5, 0.6) is 0 Å². The maximum atomic E-state index is 13.0. The van der Waals surface area contributed by atoms with Crippen molar-refractivity contribution in [2.45, 2.75) is 70.0 Å². The Labute approximate surface area is 192 Å². The summed E-state index contributed by atoms with van der Waals surface area (Å²) >= 11 is 0. The molecule has 0 aromatic heterocycles. The van der Waals surface area contributed by atoms with Crippen molar-refractivity contribution in [3.05, 3.63) is 35.5 Å². The van der Waals surface area contributed by atoms with Crippen molar-refractivity contribution in [2.75, 3.05) is 11.9 Å². The van der Waals surface area contributed by atoms with Gasteiger partial charge in [-0.05, 0) is 70.2 Å². The second-order valence-electron chi connectivity index (χ2n) is 8.40. The van der Waals surface area contributed by atoms with Crippen molar-refractivity contribution in [2.24, 2.45) is 16.6 Å². The number of hydrogen-bond acceptors (Lipinski definition) is 5. The quantitative estimate of drug-likeness (QED) is 0.511. The Balaban J connectivity index is 1.97. The van der Waals surface area contributed by atoms with Gasteiger partial charge in [0, 0.05) is 35.5 Å². The van der Waals surface area contributed by atoms with E-state index < -0.39 is 27.8 Å². The Kier molecular flexibility index (Phi) is 9.07. The summed E-state index contributed by atoms with van der Waals surface area (Å²) in [5.41, 5.74) is 5.10. The number of rotatable bonds is 8. The molecule has 4 N–H and O–H groups in total. The molecule has 1 aliphatic rings. The summed E-state index contributed by atoms with van der Waals surface area (Å²) in [6, 6.07) is 5.55. The fraction of sp³-hybridized carbons (Fsp3) is 0.545. The van der Waals surface area contributed by atoms with Crippen molar-refractivity contribution in [1.29, 1.82) is 0 Å². The summed E-state index contributed by atoms with van der Waals surface area (Å²) in [4.78, 5) is 16.9. The SMILES string of the molecule is CC(C)NS(=O)(=O)c1ccc(NC(=O)C(C)CCN=C2CCCCC2=C(N)C(F)(F)F)cc1. The Bertz CT molecular complexity index is 1000. The van der Waals surface area contributed by atoms with Crippen LogP contribution in [-0.4, -0.2) is 38.8 Å². The number of nitrogens with two attached hydrogens (primary N) is 1. The van der Waals surface area contributed by atoms with E-state index >= 15 is 0 Å². The first-order valence-electron chi connectivity index (χ1n) is 10.8. The summed E-state index contributed by atoms with van der Waals surface area (Å²) in [7, 11) is -3.62. The van der Waals surface area contributed by atoms with Crippen molar-refractivity contribution in [3.8, 4) is 0 Å². The second kappa shape index (κ2) is 11.1. The van der Waals surface area contributed by atoms with Gasteiger partial charge < -0.3 is 11.1 Å². The number of nitrogens with one attached hydrogen (secondary N) is 2. The number of halogens is 3. The lowest BCUT2D eigenvalue weighted by Gasteiger charge is -2.21. The molecule has 1 unspecified atom stereocenters. The van der Waals surface area contributed by atoms with E-state index in [1.54, 1.807) is 20.8 Å². The lowest BCUT2D eigenvalue weighted by molar-refractivity contribution is -0.119. The van der Waals surface area contributed by atoms with Crippen LogP contribution < -0.4 is 15.8 Å². The molecule has 0 radical (unpaired) electrons. The third kappa shape index (κ3) is 7.85. The van der Waals surface area contributed by atoms with Crippen molar-refractivity contribution < 1.29 is 26.4 Å². The zero-order valence-electron chi connectivity index (χ0n) is 19.0. The smallest absolute Gasteiger partial charge is 0.394 e. The zero-order valence-corrected chi connectivity index (χ0v) is 19.8. The number of carbonyl (C=O) groups excluding carboxylic acids is 1. The van der Waals surface area contributed by atoms with Gasteiger partial charge in [-0.15, -0.1) is 0 Å². The van der Waals surface area contributed by atoms with E-state index in [4.69, 9.17) is 5.73 Å². The summed E-state index contributed by atoms with van der Waals surface area (Å²) in [6.07, 6.45) is -2.16. The van der Waals surface area contributed by atoms with Crippen molar-refractivity contribution in [3.63, 3.8) is 0 Å². The van der Waals surface area contributed by atoms with Crippen LogP contribution in [0.3, 0.4) is 0 Å². The molecule has 0 aliphatic heterocycles. The zero-order chi connectivity index (χ0) is 24.8. The lowest BCUT2D eigenvalue weighted by atomic mass is 9.91. The first-order chi connectivity index (χ1) is 15.3. The van der Waals surface area contributed by atoms with Crippen molar-refractivity contribution in [1.82, 2.24) is 4.72 Å². The normalized spacial score (nSPS) is 18.9. The van der Waals surface area contributed by atoms with E-state index in [0.717, 1.165) is 6.42 Å². The maximum Gasteiger partial charge on any atom is 0.431 e. The number of sulfonamides is 1. The molecule has 1 aromatic rings. The van der Waals surface area contributed by atoms with E-state index in [2.05, 4.69) is 15.0 Å². The number of allylic oxidation sites excluding steroid dienone is 2. The Morgan fingerprint density at radius 2 is 1.73 bits per heavy atom. The van der Waals surface area contributed by atoms with Crippen LogP contribution in [0.25, 0.3) is 0 Å². The number of hydrogen-bond donors (Lipinski definition) is 3. The van der Waals surface area contributed by atoms with Gasteiger partial charge in [0.25, 0.3) is 0 Å². The largest absolute Gasteiger partial charge is 0.431 e. The van der Waals surface area contributed by atoms with E-state index in [0.29, 0.717) is 30.7 Å². The summed E-state index contributed by atoms with van der Waals surface area (Å²) < 4.78 is 65.8. The highest BCUT2D eigenvalue weighted by atomic mass is 32.2. The first kappa shape index (κ1) is 26.8. The molecule has 1 atom stereocenters. The molecule has 1 saturated carbocycles. The maximum absolute atomic E-state index is 13.0. The van der Waals surface area contributed by atoms with E-state index in [1.165, 1.54) is 24.3 Å². The molecule has 1 fully saturated rings. The molecule has 0 heterocycles. The number of carbonyl (C=O) groups is 1. The fourth-order valence-electron chi connectivity index (χ4n) is 3.41. The third-order valence-electron chi connectivity index (χ3n) is 5.20. The van der Waals surface area contributed by atoms with Crippen LogP contribution in [-0.2, 0) is 14.8 Å². The number of nitrogens with zero attached hydrogens (tertiary/aromatic N) is 1. The minimum Gasteiger partial charge on any atom is -0.394 e. The van der Waals surface area contributed by atoms with Gasteiger partial charge in [0.2, 0.25) is 15.9 Å². The summed E-state index contributed by atoms with van der Waals surface area (Å²) in [5.74, 6) is -0.739. The lowest BCUT2D eigenvalue weighted by Crippen LogP contribution is -2.30. The first-order valence-corrected chi connectivity index (χ1v) is 12.3. The van der Waals surface area contributed by atoms with Crippen LogP contribution in [0, 0.1) is 5.92 Å². The standard InChI is InChI=1S/C22H31F3N4O3S/c1-14(2)29-33(31,32)17-10-8-16(9-11-17)28-21(30)15(3)12-13-27-19-7-5-4-6-18(19)20(26)22(23,24)25/h8-11,14-15,29H,4-7,12-13,26H2,1-3H3,(H,28,30). The second-order valence-corrected chi connectivity index (χ2v) is 10.1. The van der Waals surface area contributed by atoms with E-state index in [9.17, 15) is 26.4 Å². The molecule has 0 bridgehead atoms. The van der Waals surface area contributed by atoms with E-state index in [-0.39, 0.29) is 35.4 Å². The van der Waals surface area contributed by atoms with Crippen LogP contribution in [0.15, 0.2) is 45.4 Å². The summed E-state index contributed by atoms with van der Waals surface area (Å²) in [6.45, 7) is 5.34. The van der Waals surface area contributed by atoms with Gasteiger partial charge in [0.15, 0.2) is 0 Å². The Hall–Kier alpha value is -2.40. The van der Waals surface area contributed by atoms with Gasteiger partial charge in [0.05, 0.1) is 4.90 Å². The van der Waals surface area contributed by atoms with Gasteiger partial charge in [0.1, 0.15) is 5.70 Å². The molecule has 2 rings (SSSR count). The number of anilines is 1. The predicted octanol–water partition coefficient (Wildman–Crippen LogP) is 4.13. The average Bonchev–Trinajstić information content (AvgIpc) is 2.72. The fourth-order valence-corrected chi connectivity index (χ4v) is 4.66. The average molecular weight is 489 g/mol. The van der Waals surface area contributed by atoms with Crippen LogP contribution >= 0.6 is 0 Å². The van der Waals surface area contributed by atoms with Gasteiger partial charge in [-0.1, -0.05) is 6.92 Å². The van der Waals surface area contributed by atoms with Gasteiger partial charge in [-0.3, -0.25) is 9.79 Å². The number of aliphatic imine (C=N–C) groups is 1. The van der Waals surface area contributed by atoms with E-state index in [1.807, 2.05) is 0 Å². The monoisotopic (exact) mass is 488 g/mol. The highest BCUT2D eigenvalue weighted by Crippen LogP contribution is 2.31. The molecule has 7 nitrogen and oxygen atoms in total. The highest BCUT2D eigenvalue weighted by Gasteiger charge is 2.35. The molecule has 11 heteroatoms.